The molecule has 0 spiro atoms. The molecule has 2 N–H and O–H groups in total. The van der Waals surface area contributed by atoms with E-state index in [1.165, 1.54) is 0 Å². The second-order valence-corrected chi connectivity index (χ2v) is 3.59. The third kappa shape index (κ3) is 2.83. The molecule has 1 rings (SSSR count). The number of aromatic hydroxyl groups is 1. The van der Waals surface area contributed by atoms with Gasteiger partial charge in [-0.05, 0) is 43.8 Å². The van der Waals surface area contributed by atoms with Gasteiger partial charge >= 0.3 is 0 Å². The van der Waals surface area contributed by atoms with Crippen molar-refractivity contribution in [3.8, 4) is 5.75 Å². The predicted molar refractivity (Wildman–Crippen MR) is 53.4 cm³/mol. The van der Waals surface area contributed by atoms with E-state index in [4.69, 9.17) is 0 Å². The number of likely N-dealkylation sites (N-methyl/N-ethyl adjacent to an activating group) is 1. The molecule has 2 nitrogen and oxygen atoms in total. The van der Waals surface area contributed by atoms with Gasteiger partial charge in [0, 0.05) is 4.47 Å². The van der Waals surface area contributed by atoms with Crippen LogP contribution in [0, 0.1) is 0 Å². The minimum Gasteiger partial charge on any atom is -0.508 e. The summed E-state index contributed by atoms with van der Waals surface area (Å²) >= 11 is 3.32. The van der Waals surface area contributed by atoms with Crippen LogP contribution in [0.2, 0.25) is 0 Å². The molecule has 1 aromatic rings. The molecule has 0 bridgehead atoms. The summed E-state index contributed by atoms with van der Waals surface area (Å²) in [6.07, 6.45) is 0.934. The fourth-order valence-corrected chi connectivity index (χ4v) is 1.58. The third-order valence-corrected chi connectivity index (χ3v) is 2.06. The second-order valence-electron chi connectivity index (χ2n) is 2.67. The van der Waals surface area contributed by atoms with Crippen molar-refractivity contribution in [1.29, 1.82) is 0 Å². The summed E-state index contributed by atoms with van der Waals surface area (Å²) < 4.78 is 0.925. The van der Waals surface area contributed by atoms with Gasteiger partial charge in [-0.15, -0.1) is 0 Å². The van der Waals surface area contributed by atoms with Crippen molar-refractivity contribution in [2.75, 3.05) is 13.6 Å². The summed E-state index contributed by atoms with van der Waals surface area (Å²) in [6, 6.07) is 5.47. The Morgan fingerprint density at radius 3 is 2.75 bits per heavy atom. The summed E-state index contributed by atoms with van der Waals surface area (Å²) in [5.41, 5.74) is 1.14. The molecule has 0 saturated carbocycles. The topological polar surface area (TPSA) is 32.3 Å². The van der Waals surface area contributed by atoms with Crippen molar-refractivity contribution in [2.24, 2.45) is 0 Å². The molecule has 0 amide bonds. The highest BCUT2D eigenvalue weighted by Crippen LogP contribution is 2.20. The monoisotopic (exact) mass is 229 g/mol. The van der Waals surface area contributed by atoms with E-state index in [0.29, 0.717) is 5.75 Å². The Balaban J connectivity index is 2.72. The van der Waals surface area contributed by atoms with Gasteiger partial charge < -0.3 is 10.4 Å². The molecule has 0 fully saturated rings. The number of phenolic OH excluding ortho intramolecular Hbond substituents is 1. The Kier molecular flexibility index (Phi) is 3.56. The smallest absolute Gasteiger partial charge is 0.116 e. The maximum atomic E-state index is 9.24. The van der Waals surface area contributed by atoms with Crippen molar-refractivity contribution >= 4 is 15.9 Å². The fraction of sp³-hybridized carbons (Fsp3) is 0.333. The van der Waals surface area contributed by atoms with E-state index in [2.05, 4.69) is 21.2 Å². The summed E-state index contributed by atoms with van der Waals surface area (Å²) in [7, 11) is 1.91. The standard InChI is InChI=1S/C9H12BrNO/c1-11-3-2-7-4-8(10)6-9(12)5-7/h4-6,11-12H,2-3H2,1H3. The molecule has 3 heteroatoms. The number of halogens is 1. The lowest BCUT2D eigenvalue weighted by molar-refractivity contribution is 0.474. The van der Waals surface area contributed by atoms with E-state index in [1.807, 2.05) is 13.1 Å². The van der Waals surface area contributed by atoms with Gasteiger partial charge in [-0.2, -0.15) is 0 Å². The van der Waals surface area contributed by atoms with Crippen LogP contribution in [0.4, 0.5) is 0 Å². The lowest BCUT2D eigenvalue weighted by Crippen LogP contribution is -2.10. The fourth-order valence-electron chi connectivity index (χ4n) is 1.05. The van der Waals surface area contributed by atoms with Crippen LogP contribution < -0.4 is 5.32 Å². The molecule has 66 valence electrons. The van der Waals surface area contributed by atoms with Crippen LogP contribution in [0.5, 0.6) is 5.75 Å². The molecule has 0 radical (unpaired) electrons. The molecule has 12 heavy (non-hydrogen) atoms. The molecule has 0 aliphatic carbocycles. The average molecular weight is 230 g/mol. The quantitative estimate of drug-likeness (QED) is 0.831. The predicted octanol–water partition coefficient (Wildman–Crippen LogP) is 1.92. The number of rotatable bonds is 3. The van der Waals surface area contributed by atoms with Gasteiger partial charge in [0.25, 0.3) is 0 Å². The van der Waals surface area contributed by atoms with Crippen LogP contribution in [0.25, 0.3) is 0 Å². The Hall–Kier alpha value is -0.540. The van der Waals surface area contributed by atoms with Gasteiger partial charge in [0.05, 0.1) is 0 Å². The maximum absolute atomic E-state index is 9.24. The molecule has 1 aromatic carbocycles. The minimum absolute atomic E-state index is 0.315. The van der Waals surface area contributed by atoms with Crippen molar-refractivity contribution in [3.05, 3.63) is 28.2 Å². The zero-order valence-electron chi connectivity index (χ0n) is 6.97. The zero-order chi connectivity index (χ0) is 8.97. The first-order valence-corrected chi connectivity index (χ1v) is 4.64. The van der Waals surface area contributed by atoms with Gasteiger partial charge in [0.15, 0.2) is 0 Å². The van der Waals surface area contributed by atoms with Gasteiger partial charge in [-0.3, -0.25) is 0 Å². The lowest BCUT2D eigenvalue weighted by Gasteiger charge is -2.02. The summed E-state index contributed by atoms with van der Waals surface area (Å²) in [5, 5.41) is 12.3. The number of phenols is 1. The molecule has 0 atom stereocenters. The number of hydrogen-bond donors (Lipinski definition) is 2. The highest BCUT2D eigenvalue weighted by atomic mass is 79.9. The number of nitrogens with one attached hydrogen (secondary N) is 1. The molecule has 0 heterocycles. The Labute approximate surface area is 80.7 Å². The summed E-state index contributed by atoms with van der Waals surface area (Å²) in [5.74, 6) is 0.315. The first-order valence-electron chi connectivity index (χ1n) is 3.85. The Morgan fingerprint density at radius 1 is 1.42 bits per heavy atom. The molecular weight excluding hydrogens is 218 g/mol. The normalized spacial score (nSPS) is 10.2. The van der Waals surface area contributed by atoms with Crippen LogP contribution in [-0.2, 0) is 6.42 Å². The van der Waals surface area contributed by atoms with Crippen molar-refractivity contribution in [3.63, 3.8) is 0 Å². The van der Waals surface area contributed by atoms with E-state index < -0.39 is 0 Å². The maximum Gasteiger partial charge on any atom is 0.116 e. The highest BCUT2D eigenvalue weighted by Gasteiger charge is 1.96. The van der Waals surface area contributed by atoms with E-state index in [0.717, 1.165) is 23.0 Å². The summed E-state index contributed by atoms with van der Waals surface area (Å²) in [6.45, 7) is 0.926. The van der Waals surface area contributed by atoms with Gasteiger partial charge in [-0.25, -0.2) is 0 Å². The van der Waals surface area contributed by atoms with Gasteiger partial charge in [0.1, 0.15) is 5.75 Å². The average Bonchev–Trinajstić information content (AvgIpc) is 1.99. The van der Waals surface area contributed by atoms with Crippen LogP contribution in [0.1, 0.15) is 5.56 Å². The number of hydrogen-bond acceptors (Lipinski definition) is 2. The van der Waals surface area contributed by atoms with Crippen molar-refractivity contribution in [2.45, 2.75) is 6.42 Å². The largest absolute Gasteiger partial charge is 0.508 e. The van der Waals surface area contributed by atoms with Crippen LogP contribution in [-0.4, -0.2) is 18.7 Å². The lowest BCUT2D eigenvalue weighted by atomic mass is 10.1. The number of benzene rings is 1. The van der Waals surface area contributed by atoms with E-state index in [-0.39, 0.29) is 0 Å². The van der Waals surface area contributed by atoms with E-state index in [1.54, 1.807) is 12.1 Å². The van der Waals surface area contributed by atoms with E-state index in [9.17, 15) is 5.11 Å². The zero-order valence-corrected chi connectivity index (χ0v) is 8.56. The van der Waals surface area contributed by atoms with Crippen LogP contribution in [0.15, 0.2) is 22.7 Å². The SMILES string of the molecule is CNCCc1cc(O)cc(Br)c1. The first kappa shape index (κ1) is 9.55. The van der Waals surface area contributed by atoms with Crippen LogP contribution >= 0.6 is 15.9 Å². The molecular formula is C9H12BrNO. The van der Waals surface area contributed by atoms with Gasteiger partial charge in [0.2, 0.25) is 0 Å². The molecule has 0 aromatic heterocycles. The third-order valence-electron chi connectivity index (χ3n) is 1.61. The van der Waals surface area contributed by atoms with Crippen molar-refractivity contribution in [1.82, 2.24) is 5.32 Å². The van der Waals surface area contributed by atoms with E-state index >= 15 is 0 Å². The molecule has 0 aliphatic rings. The molecule has 0 saturated heterocycles. The second kappa shape index (κ2) is 4.48. The molecule has 0 unspecified atom stereocenters. The summed E-state index contributed by atoms with van der Waals surface area (Å²) in [4.78, 5) is 0. The Morgan fingerprint density at radius 2 is 2.17 bits per heavy atom. The minimum atomic E-state index is 0.315. The highest BCUT2D eigenvalue weighted by molar-refractivity contribution is 9.10. The Bertz CT molecular complexity index is 242. The van der Waals surface area contributed by atoms with Crippen LogP contribution in [0.3, 0.4) is 0 Å². The molecule has 0 aliphatic heterocycles. The first-order chi connectivity index (χ1) is 5.72. The van der Waals surface area contributed by atoms with Crippen molar-refractivity contribution < 1.29 is 5.11 Å². The van der Waals surface area contributed by atoms with Gasteiger partial charge in [-0.1, -0.05) is 15.9 Å².